The monoisotopic (exact) mass is 375 g/mol. The smallest absolute Gasteiger partial charge is 0.254 e. The van der Waals surface area contributed by atoms with Gasteiger partial charge in [0.25, 0.3) is 5.91 Å². The highest BCUT2D eigenvalue weighted by Gasteiger charge is 2.15. The summed E-state index contributed by atoms with van der Waals surface area (Å²) in [6.07, 6.45) is 0. The second-order valence-electron chi connectivity index (χ2n) is 3.86. The number of carbonyl (C=O) groups excluding carboxylic acids is 1. The lowest BCUT2D eigenvalue weighted by Gasteiger charge is -2.17. The minimum atomic E-state index is -0.322. The third-order valence-corrected chi connectivity index (χ3v) is 4.23. The van der Waals surface area contributed by atoms with Gasteiger partial charge in [0.2, 0.25) is 0 Å². The SMILES string of the molecule is CN(Cc1cccs1)C(=O)c1ccc(F)cc1I. The van der Waals surface area contributed by atoms with Crippen molar-refractivity contribution >= 4 is 39.8 Å². The fraction of sp³-hybridized carbons (Fsp3) is 0.154. The first-order chi connectivity index (χ1) is 8.58. The highest BCUT2D eigenvalue weighted by molar-refractivity contribution is 14.1. The first-order valence-corrected chi connectivity index (χ1v) is 7.26. The van der Waals surface area contributed by atoms with Crippen LogP contribution in [0.15, 0.2) is 35.7 Å². The summed E-state index contributed by atoms with van der Waals surface area (Å²) in [6, 6.07) is 8.16. The Balaban J connectivity index is 2.15. The van der Waals surface area contributed by atoms with E-state index >= 15 is 0 Å². The zero-order valence-electron chi connectivity index (χ0n) is 9.69. The number of rotatable bonds is 3. The molecule has 0 N–H and O–H groups in total. The van der Waals surface area contributed by atoms with Crippen molar-refractivity contribution in [2.24, 2.45) is 0 Å². The lowest BCUT2D eigenvalue weighted by Crippen LogP contribution is -2.26. The fourth-order valence-corrected chi connectivity index (χ4v) is 3.04. The molecule has 0 spiro atoms. The third-order valence-electron chi connectivity index (χ3n) is 2.48. The highest BCUT2D eigenvalue weighted by Crippen LogP contribution is 2.18. The number of thiophene rings is 1. The van der Waals surface area contributed by atoms with Crippen LogP contribution >= 0.6 is 33.9 Å². The summed E-state index contributed by atoms with van der Waals surface area (Å²) in [5.41, 5.74) is 0.538. The molecule has 0 unspecified atom stereocenters. The normalized spacial score (nSPS) is 10.4. The van der Waals surface area contributed by atoms with Gasteiger partial charge in [-0.3, -0.25) is 4.79 Å². The quantitative estimate of drug-likeness (QED) is 0.749. The van der Waals surface area contributed by atoms with E-state index in [9.17, 15) is 9.18 Å². The molecule has 0 radical (unpaired) electrons. The molecule has 0 saturated heterocycles. The Bertz CT molecular complexity index is 556. The molecule has 2 aromatic rings. The number of carbonyl (C=O) groups is 1. The Morgan fingerprint density at radius 3 is 2.83 bits per heavy atom. The minimum Gasteiger partial charge on any atom is -0.337 e. The minimum absolute atomic E-state index is 0.0900. The zero-order valence-corrected chi connectivity index (χ0v) is 12.7. The van der Waals surface area contributed by atoms with E-state index < -0.39 is 0 Å². The molecule has 2 nitrogen and oxygen atoms in total. The number of hydrogen-bond donors (Lipinski definition) is 0. The molecule has 18 heavy (non-hydrogen) atoms. The van der Waals surface area contributed by atoms with E-state index in [4.69, 9.17) is 0 Å². The highest BCUT2D eigenvalue weighted by atomic mass is 127. The molecule has 0 bridgehead atoms. The predicted molar refractivity (Wildman–Crippen MR) is 79.2 cm³/mol. The van der Waals surface area contributed by atoms with Crippen LogP contribution in [0.5, 0.6) is 0 Å². The Morgan fingerprint density at radius 1 is 1.44 bits per heavy atom. The molecule has 0 saturated carbocycles. The number of benzene rings is 1. The van der Waals surface area contributed by atoms with E-state index in [1.807, 2.05) is 40.1 Å². The van der Waals surface area contributed by atoms with Crippen molar-refractivity contribution in [2.75, 3.05) is 7.05 Å². The van der Waals surface area contributed by atoms with Gasteiger partial charge in [0.1, 0.15) is 5.82 Å². The summed E-state index contributed by atoms with van der Waals surface area (Å²) in [5.74, 6) is -0.412. The predicted octanol–water partition coefficient (Wildman–Crippen LogP) is 3.76. The molecule has 0 atom stereocenters. The average molecular weight is 375 g/mol. The zero-order chi connectivity index (χ0) is 13.1. The van der Waals surface area contributed by atoms with E-state index in [1.165, 1.54) is 18.2 Å². The van der Waals surface area contributed by atoms with E-state index in [2.05, 4.69) is 0 Å². The van der Waals surface area contributed by atoms with Crippen LogP contribution in [0, 0.1) is 9.39 Å². The maximum absolute atomic E-state index is 13.0. The number of nitrogens with zero attached hydrogens (tertiary/aromatic N) is 1. The molecule has 0 aliphatic rings. The summed E-state index contributed by atoms with van der Waals surface area (Å²) in [7, 11) is 1.75. The molecule has 5 heteroatoms. The molecule has 1 aromatic heterocycles. The van der Waals surface area contributed by atoms with Crippen molar-refractivity contribution in [3.63, 3.8) is 0 Å². The van der Waals surface area contributed by atoms with Crippen molar-refractivity contribution < 1.29 is 9.18 Å². The van der Waals surface area contributed by atoms with Gasteiger partial charge in [-0.15, -0.1) is 11.3 Å². The van der Waals surface area contributed by atoms with Crippen LogP contribution in [0.4, 0.5) is 4.39 Å². The standard InChI is InChI=1S/C13H11FINOS/c1-16(8-10-3-2-6-18-10)13(17)11-5-4-9(14)7-12(11)15/h2-7H,8H2,1H3. The number of amides is 1. The molecule has 1 amide bonds. The van der Waals surface area contributed by atoms with Crippen LogP contribution in [0.3, 0.4) is 0 Å². The van der Waals surface area contributed by atoms with Gasteiger partial charge in [-0.25, -0.2) is 4.39 Å². The molecular weight excluding hydrogens is 364 g/mol. The van der Waals surface area contributed by atoms with Gasteiger partial charge in [-0.2, -0.15) is 0 Å². The lowest BCUT2D eigenvalue weighted by molar-refractivity contribution is 0.0785. The number of halogens is 2. The van der Waals surface area contributed by atoms with Gasteiger partial charge in [0.05, 0.1) is 12.1 Å². The topological polar surface area (TPSA) is 20.3 Å². The molecule has 0 fully saturated rings. The average Bonchev–Trinajstić information content (AvgIpc) is 2.81. The van der Waals surface area contributed by atoms with Gasteiger partial charge in [-0.05, 0) is 52.2 Å². The van der Waals surface area contributed by atoms with Crippen molar-refractivity contribution in [3.8, 4) is 0 Å². The van der Waals surface area contributed by atoms with Crippen LogP contribution in [0.2, 0.25) is 0 Å². The van der Waals surface area contributed by atoms with Crippen molar-refractivity contribution in [2.45, 2.75) is 6.54 Å². The molecule has 0 aliphatic heterocycles. The fourth-order valence-electron chi connectivity index (χ4n) is 1.58. The first kappa shape index (κ1) is 13.5. The molecule has 0 aliphatic carbocycles. The largest absolute Gasteiger partial charge is 0.337 e. The maximum Gasteiger partial charge on any atom is 0.254 e. The van der Waals surface area contributed by atoms with Gasteiger partial charge in [0, 0.05) is 15.5 Å². The summed E-state index contributed by atoms with van der Waals surface area (Å²) >= 11 is 3.59. The molecular formula is C13H11FINOS. The molecule has 1 aromatic carbocycles. The second-order valence-corrected chi connectivity index (χ2v) is 6.06. The Labute approximate surface area is 123 Å². The van der Waals surface area contributed by atoms with E-state index in [0.717, 1.165) is 4.88 Å². The summed E-state index contributed by atoms with van der Waals surface area (Å²) in [5, 5.41) is 1.98. The van der Waals surface area contributed by atoms with Gasteiger partial charge < -0.3 is 4.90 Å². The molecule has 94 valence electrons. The van der Waals surface area contributed by atoms with Gasteiger partial charge >= 0.3 is 0 Å². The van der Waals surface area contributed by atoms with Gasteiger partial charge in [0.15, 0.2) is 0 Å². The van der Waals surface area contributed by atoms with E-state index in [0.29, 0.717) is 15.7 Å². The Kier molecular flexibility index (Phi) is 4.34. The van der Waals surface area contributed by atoms with Crippen LogP contribution in [-0.4, -0.2) is 17.9 Å². The second kappa shape index (κ2) is 5.79. The van der Waals surface area contributed by atoms with Crippen LogP contribution in [0.1, 0.15) is 15.2 Å². The Morgan fingerprint density at radius 2 is 2.22 bits per heavy atom. The van der Waals surface area contributed by atoms with Crippen molar-refractivity contribution in [1.82, 2.24) is 4.90 Å². The first-order valence-electron chi connectivity index (χ1n) is 5.31. The van der Waals surface area contributed by atoms with E-state index in [-0.39, 0.29) is 11.7 Å². The third kappa shape index (κ3) is 3.08. The number of hydrogen-bond acceptors (Lipinski definition) is 2. The summed E-state index contributed by atoms with van der Waals surface area (Å²) < 4.78 is 13.6. The van der Waals surface area contributed by atoms with Crippen LogP contribution in [0.25, 0.3) is 0 Å². The summed E-state index contributed by atoms with van der Waals surface area (Å²) in [4.78, 5) is 15.0. The van der Waals surface area contributed by atoms with Crippen LogP contribution < -0.4 is 0 Å². The van der Waals surface area contributed by atoms with Crippen molar-refractivity contribution in [3.05, 3.63) is 55.5 Å². The Hall–Kier alpha value is -0.950. The van der Waals surface area contributed by atoms with E-state index in [1.54, 1.807) is 23.3 Å². The van der Waals surface area contributed by atoms with Gasteiger partial charge in [-0.1, -0.05) is 6.07 Å². The van der Waals surface area contributed by atoms with Crippen LogP contribution in [-0.2, 0) is 6.54 Å². The molecule has 1 heterocycles. The molecule has 2 rings (SSSR count). The lowest BCUT2D eigenvalue weighted by atomic mass is 10.2. The van der Waals surface area contributed by atoms with Crippen molar-refractivity contribution in [1.29, 1.82) is 0 Å². The summed E-state index contributed by atoms with van der Waals surface area (Å²) in [6.45, 7) is 0.573. The maximum atomic E-state index is 13.0.